The van der Waals surface area contributed by atoms with Crippen molar-refractivity contribution in [3.05, 3.63) is 63.1 Å². The Hall–Kier alpha value is -1.42. The molecule has 0 spiro atoms. The Morgan fingerprint density at radius 1 is 1.30 bits per heavy atom. The molecule has 0 amide bonds. The normalized spacial score (nSPS) is 12.8. The van der Waals surface area contributed by atoms with E-state index >= 15 is 0 Å². The minimum Gasteiger partial charge on any atom is -0.309 e. The van der Waals surface area contributed by atoms with Crippen LogP contribution in [0.15, 0.2) is 42.0 Å². The zero-order chi connectivity index (χ0) is 14.1. The number of hydrogen-bond acceptors (Lipinski definition) is 3. The number of fused-ring (bicyclic) bond motifs is 1. The van der Waals surface area contributed by atoms with Crippen molar-refractivity contribution in [2.45, 2.75) is 13.0 Å². The lowest BCUT2D eigenvalue weighted by atomic mass is 9.99. The largest absolute Gasteiger partial charge is 0.309 e. The molecule has 2 heterocycles. The van der Waals surface area contributed by atoms with Gasteiger partial charge in [-0.25, -0.2) is 0 Å². The van der Waals surface area contributed by atoms with Gasteiger partial charge in [-0.2, -0.15) is 0 Å². The highest BCUT2D eigenvalue weighted by Crippen LogP contribution is 2.37. The summed E-state index contributed by atoms with van der Waals surface area (Å²) < 4.78 is 0. The second-order valence-corrected chi connectivity index (χ2v) is 6.05. The number of thiophene rings is 1. The van der Waals surface area contributed by atoms with E-state index in [1.165, 1.54) is 10.9 Å². The van der Waals surface area contributed by atoms with Gasteiger partial charge in [-0.1, -0.05) is 29.8 Å². The second-order valence-electron chi connectivity index (χ2n) is 4.76. The smallest absolute Gasteiger partial charge is 0.0690 e. The quantitative estimate of drug-likeness (QED) is 0.767. The first-order chi connectivity index (χ1) is 9.72. The number of nitrogens with one attached hydrogen (secondary N) is 1. The van der Waals surface area contributed by atoms with Gasteiger partial charge in [0.1, 0.15) is 0 Å². The monoisotopic (exact) mass is 302 g/mol. The van der Waals surface area contributed by atoms with Gasteiger partial charge in [-0.3, -0.25) is 4.98 Å². The topological polar surface area (TPSA) is 24.9 Å². The van der Waals surface area contributed by atoms with Gasteiger partial charge >= 0.3 is 0 Å². The summed E-state index contributed by atoms with van der Waals surface area (Å²) in [4.78, 5) is 5.41. The van der Waals surface area contributed by atoms with Crippen LogP contribution in [-0.4, -0.2) is 12.0 Å². The lowest BCUT2D eigenvalue weighted by molar-refractivity contribution is 0.709. The van der Waals surface area contributed by atoms with Crippen LogP contribution in [0.1, 0.15) is 22.0 Å². The average molecular weight is 303 g/mol. The van der Waals surface area contributed by atoms with Crippen LogP contribution in [-0.2, 0) is 0 Å². The molecule has 2 nitrogen and oxygen atoms in total. The third-order valence-corrected chi connectivity index (χ3v) is 5.28. The molecule has 0 saturated carbocycles. The molecule has 1 aromatic carbocycles. The number of halogens is 1. The predicted octanol–water partition coefficient (Wildman–Crippen LogP) is 4.57. The van der Waals surface area contributed by atoms with Gasteiger partial charge in [0.25, 0.3) is 0 Å². The summed E-state index contributed by atoms with van der Waals surface area (Å²) in [5.74, 6) is 0. The van der Waals surface area contributed by atoms with E-state index in [2.05, 4.69) is 33.9 Å². The van der Waals surface area contributed by atoms with Crippen LogP contribution in [0.25, 0.3) is 10.8 Å². The van der Waals surface area contributed by atoms with Crippen LogP contribution >= 0.6 is 22.9 Å². The van der Waals surface area contributed by atoms with Gasteiger partial charge in [-0.15, -0.1) is 11.3 Å². The third kappa shape index (κ3) is 2.22. The summed E-state index contributed by atoms with van der Waals surface area (Å²) in [6, 6.07) is 8.45. The summed E-state index contributed by atoms with van der Waals surface area (Å²) >= 11 is 8.14. The molecule has 0 saturated heterocycles. The fourth-order valence-electron chi connectivity index (χ4n) is 2.46. The molecule has 20 heavy (non-hydrogen) atoms. The molecular formula is C16H15ClN2S. The molecule has 0 aliphatic heterocycles. The van der Waals surface area contributed by atoms with Crippen molar-refractivity contribution in [1.82, 2.24) is 10.3 Å². The van der Waals surface area contributed by atoms with Crippen LogP contribution in [0.3, 0.4) is 0 Å². The van der Waals surface area contributed by atoms with Crippen molar-refractivity contribution in [3.63, 3.8) is 0 Å². The van der Waals surface area contributed by atoms with Gasteiger partial charge in [-0.05, 0) is 41.9 Å². The molecule has 3 aromatic rings. The van der Waals surface area contributed by atoms with Crippen molar-refractivity contribution in [1.29, 1.82) is 0 Å². The Bertz CT molecular complexity index is 746. The number of rotatable bonds is 3. The second kappa shape index (κ2) is 5.52. The molecule has 0 bridgehead atoms. The minimum absolute atomic E-state index is 0.0918. The molecule has 2 aromatic heterocycles. The molecule has 0 aliphatic carbocycles. The van der Waals surface area contributed by atoms with E-state index < -0.39 is 0 Å². The molecule has 0 radical (unpaired) electrons. The van der Waals surface area contributed by atoms with Gasteiger partial charge < -0.3 is 5.32 Å². The number of hydrogen-bond donors (Lipinski definition) is 1. The summed E-state index contributed by atoms with van der Waals surface area (Å²) in [5, 5.41) is 8.70. The fourth-order valence-corrected chi connectivity index (χ4v) is 3.89. The third-order valence-electron chi connectivity index (χ3n) is 3.50. The van der Waals surface area contributed by atoms with Crippen molar-refractivity contribution < 1.29 is 0 Å². The summed E-state index contributed by atoms with van der Waals surface area (Å²) in [6.45, 7) is 2.04. The van der Waals surface area contributed by atoms with Crippen molar-refractivity contribution in [2.75, 3.05) is 7.05 Å². The highest BCUT2D eigenvalue weighted by atomic mass is 35.5. The maximum Gasteiger partial charge on any atom is 0.0690 e. The molecule has 4 heteroatoms. The zero-order valence-corrected chi connectivity index (χ0v) is 12.9. The number of nitrogens with zero attached hydrogens (tertiary/aromatic N) is 1. The molecule has 0 fully saturated rings. The van der Waals surface area contributed by atoms with Crippen LogP contribution < -0.4 is 5.32 Å². The summed E-state index contributed by atoms with van der Waals surface area (Å²) in [7, 11) is 1.96. The maximum atomic E-state index is 6.44. The number of benzene rings is 1. The Morgan fingerprint density at radius 3 is 2.85 bits per heavy atom. The first-order valence-electron chi connectivity index (χ1n) is 6.45. The first-order valence-corrected chi connectivity index (χ1v) is 7.71. The lowest BCUT2D eigenvalue weighted by Gasteiger charge is -2.18. The molecule has 1 atom stereocenters. The molecule has 1 N–H and O–H groups in total. The standard InChI is InChI=1S/C16H15ClN2S/c1-10-9-20-16(14(10)17)15(18-2)12-5-3-4-11-6-7-19-8-13(11)12/h3-9,15,18H,1-2H3. The summed E-state index contributed by atoms with van der Waals surface area (Å²) in [5.41, 5.74) is 2.34. The van der Waals surface area contributed by atoms with Crippen LogP contribution in [0.2, 0.25) is 5.02 Å². The molecular weight excluding hydrogens is 288 g/mol. The Morgan fingerprint density at radius 2 is 2.15 bits per heavy atom. The van der Waals surface area contributed by atoms with Crippen LogP contribution in [0.4, 0.5) is 0 Å². The highest BCUT2D eigenvalue weighted by Gasteiger charge is 2.20. The van der Waals surface area contributed by atoms with Crippen LogP contribution in [0, 0.1) is 6.92 Å². The van der Waals surface area contributed by atoms with E-state index in [4.69, 9.17) is 11.6 Å². The lowest BCUT2D eigenvalue weighted by Crippen LogP contribution is -2.17. The molecule has 0 aliphatic rings. The van der Waals surface area contributed by atoms with E-state index in [1.807, 2.05) is 32.4 Å². The Balaban J connectivity index is 2.19. The Labute approximate surface area is 127 Å². The molecule has 3 rings (SSSR count). The van der Waals surface area contributed by atoms with Gasteiger partial charge in [0, 0.05) is 22.7 Å². The van der Waals surface area contributed by atoms with Gasteiger partial charge in [0.05, 0.1) is 11.1 Å². The molecule has 1 unspecified atom stereocenters. The van der Waals surface area contributed by atoms with Gasteiger partial charge in [0.2, 0.25) is 0 Å². The van der Waals surface area contributed by atoms with E-state index in [1.54, 1.807) is 11.3 Å². The maximum absolute atomic E-state index is 6.44. The zero-order valence-electron chi connectivity index (χ0n) is 11.4. The van der Waals surface area contributed by atoms with Crippen molar-refractivity contribution in [3.8, 4) is 0 Å². The predicted molar refractivity (Wildman–Crippen MR) is 86.7 cm³/mol. The van der Waals surface area contributed by atoms with E-state index in [0.717, 1.165) is 20.8 Å². The van der Waals surface area contributed by atoms with Crippen molar-refractivity contribution in [2.24, 2.45) is 0 Å². The summed E-state index contributed by atoms with van der Waals surface area (Å²) in [6.07, 6.45) is 3.74. The number of aryl methyl sites for hydroxylation is 1. The van der Waals surface area contributed by atoms with E-state index in [9.17, 15) is 0 Å². The SMILES string of the molecule is CNC(c1scc(C)c1Cl)c1cccc2ccncc12. The van der Waals surface area contributed by atoms with E-state index in [-0.39, 0.29) is 6.04 Å². The fraction of sp³-hybridized carbons (Fsp3) is 0.188. The van der Waals surface area contributed by atoms with E-state index in [0.29, 0.717) is 0 Å². The van der Waals surface area contributed by atoms with Crippen LogP contribution in [0.5, 0.6) is 0 Å². The first kappa shape index (κ1) is 13.6. The highest BCUT2D eigenvalue weighted by molar-refractivity contribution is 7.10. The Kier molecular flexibility index (Phi) is 3.74. The number of pyridine rings is 1. The van der Waals surface area contributed by atoms with Crippen molar-refractivity contribution >= 4 is 33.7 Å². The minimum atomic E-state index is 0.0918. The number of aromatic nitrogens is 1. The average Bonchev–Trinajstić information content (AvgIpc) is 2.81. The molecule has 102 valence electrons. The van der Waals surface area contributed by atoms with Gasteiger partial charge in [0.15, 0.2) is 0 Å².